The first kappa shape index (κ1) is 88.8. The first-order valence-corrected chi connectivity index (χ1v) is 0. The van der Waals surface area contributed by atoms with Crippen LogP contribution in [0, 0.1) is 0 Å². The van der Waals surface area contributed by atoms with Crippen LogP contribution in [0.4, 0.5) is 0 Å². The van der Waals surface area contributed by atoms with Crippen LogP contribution in [-0.2, 0) is 0 Å². The Morgan fingerprint density at radius 2 is 0.500 bits per heavy atom. The molecule has 4 nitrogen and oxygen atoms in total. The minimum absolute atomic E-state index is 0. The van der Waals surface area contributed by atoms with Crippen LogP contribution in [0.25, 0.3) is 0 Å². The maximum absolute atomic E-state index is 0. The zero-order valence-electron chi connectivity index (χ0n) is 3.20. The molecule has 0 aliphatic rings. The van der Waals surface area contributed by atoms with E-state index in [1.54, 1.807) is 0 Å². The summed E-state index contributed by atoms with van der Waals surface area (Å²) in [6.45, 7) is 0. The van der Waals surface area contributed by atoms with Crippen LogP contribution in [0.15, 0.2) is 0 Å². The largest absolute Gasteiger partial charge is 2.00 e. The number of hydrogen-bond acceptors (Lipinski definition) is 4. The molecule has 0 aromatic heterocycles. The van der Waals surface area contributed by atoms with E-state index in [-0.39, 0.29) is 93.8 Å². The summed E-state index contributed by atoms with van der Waals surface area (Å²) in [5.74, 6) is 0. The summed E-state index contributed by atoms with van der Waals surface area (Å²) in [6.07, 6.45) is 0. The van der Waals surface area contributed by atoms with E-state index in [0.717, 1.165) is 0 Å². The predicted molar refractivity (Wildman–Crippen MR) is 19.3 cm³/mol. The first-order chi connectivity index (χ1) is 0. The van der Waals surface area contributed by atoms with Crippen molar-refractivity contribution < 1.29 is 21.9 Å². The standard InChI is InChI=1S/Ba.Mg.4H2O/h;;4*1H2/q2*+2;;;;/p-4. The molecular weight excluding hydrogens is 226 g/mol. The van der Waals surface area contributed by atoms with E-state index in [4.69, 9.17) is 0 Å². The normalized spacial score (nSPS) is 0. The summed E-state index contributed by atoms with van der Waals surface area (Å²) in [5.41, 5.74) is 0. The molecule has 0 aliphatic heterocycles. The van der Waals surface area contributed by atoms with E-state index >= 15 is 0 Å². The zero-order valence-corrected chi connectivity index (χ0v) is 9.06. The van der Waals surface area contributed by atoms with Gasteiger partial charge in [0.15, 0.2) is 0 Å². The first-order valence-electron chi connectivity index (χ1n) is 0. The molecule has 32 valence electrons. The summed E-state index contributed by atoms with van der Waals surface area (Å²) in [7, 11) is 0. The minimum atomic E-state index is 0. The third-order valence-corrected chi connectivity index (χ3v) is 0. The summed E-state index contributed by atoms with van der Waals surface area (Å²) >= 11 is 0. The molecule has 0 heterocycles. The molecule has 0 unspecified atom stereocenters. The molecule has 0 aliphatic carbocycles. The van der Waals surface area contributed by atoms with Crippen molar-refractivity contribution in [2.24, 2.45) is 0 Å². The van der Waals surface area contributed by atoms with Gasteiger partial charge in [0.05, 0.1) is 0 Å². The molecule has 0 aromatic carbocycles. The molecule has 0 radical (unpaired) electrons. The van der Waals surface area contributed by atoms with E-state index < -0.39 is 0 Å². The molecule has 0 aromatic rings. The average molecular weight is 230 g/mol. The Bertz CT molecular complexity index is 7.51. The summed E-state index contributed by atoms with van der Waals surface area (Å²) < 4.78 is 0. The van der Waals surface area contributed by atoms with E-state index in [9.17, 15) is 0 Å². The van der Waals surface area contributed by atoms with Crippen LogP contribution in [-0.4, -0.2) is 93.8 Å². The van der Waals surface area contributed by atoms with Gasteiger partial charge in [0, 0.05) is 0 Å². The van der Waals surface area contributed by atoms with Crippen LogP contribution >= 0.6 is 0 Å². The van der Waals surface area contributed by atoms with Crippen molar-refractivity contribution in [1.82, 2.24) is 0 Å². The van der Waals surface area contributed by atoms with Gasteiger partial charge in [-0.05, 0) is 0 Å². The molecule has 6 heavy (non-hydrogen) atoms. The molecule has 0 amide bonds. The van der Waals surface area contributed by atoms with Gasteiger partial charge in [0.1, 0.15) is 0 Å². The predicted octanol–water partition coefficient (Wildman–Crippen LogP) is -1.47. The Balaban J connectivity index is 0. The molecule has 0 saturated carbocycles. The van der Waals surface area contributed by atoms with Crippen LogP contribution in [0.3, 0.4) is 0 Å². The third-order valence-electron chi connectivity index (χ3n) is 0. The molecule has 0 fully saturated rings. The van der Waals surface area contributed by atoms with Crippen molar-refractivity contribution in [3.8, 4) is 0 Å². The SMILES string of the molecule is [Ba+2].[Mg+2].[OH-].[OH-].[OH-].[OH-]. The van der Waals surface area contributed by atoms with E-state index in [2.05, 4.69) is 0 Å². The Kier molecular flexibility index (Phi) is 855. The van der Waals surface area contributed by atoms with Crippen LogP contribution < -0.4 is 0 Å². The second kappa shape index (κ2) is 57.8. The van der Waals surface area contributed by atoms with Gasteiger partial charge in [0.2, 0.25) is 0 Å². The van der Waals surface area contributed by atoms with Gasteiger partial charge in [-0.3, -0.25) is 0 Å². The summed E-state index contributed by atoms with van der Waals surface area (Å²) in [4.78, 5) is 0. The zero-order chi connectivity index (χ0) is 0. The van der Waals surface area contributed by atoms with Crippen molar-refractivity contribution in [3.63, 3.8) is 0 Å². The summed E-state index contributed by atoms with van der Waals surface area (Å²) in [6, 6.07) is 0. The third kappa shape index (κ3) is 34.9. The average Bonchev–Trinajstić information content (AvgIpc) is 0. The minimum Gasteiger partial charge on any atom is -0.870 e. The molecule has 6 heteroatoms. The quantitative estimate of drug-likeness (QED) is 0.471. The van der Waals surface area contributed by atoms with Gasteiger partial charge in [-0.15, -0.1) is 0 Å². The van der Waals surface area contributed by atoms with Crippen molar-refractivity contribution in [1.29, 1.82) is 0 Å². The van der Waals surface area contributed by atoms with Gasteiger partial charge in [-0.1, -0.05) is 0 Å². The van der Waals surface area contributed by atoms with E-state index in [0.29, 0.717) is 0 Å². The van der Waals surface area contributed by atoms with Crippen molar-refractivity contribution in [2.75, 3.05) is 0 Å². The molecule has 4 N–H and O–H groups in total. The van der Waals surface area contributed by atoms with Crippen LogP contribution in [0.2, 0.25) is 0 Å². The monoisotopic (exact) mass is 230 g/mol. The van der Waals surface area contributed by atoms with E-state index in [1.165, 1.54) is 0 Å². The number of hydrogen-bond donors (Lipinski definition) is 0. The van der Waals surface area contributed by atoms with Crippen molar-refractivity contribution >= 4 is 71.9 Å². The molecule has 0 atom stereocenters. The fraction of sp³-hybridized carbons (Fsp3) is 0. The Hall–Kier alpha value is 2.18. The van der Waals surface area contributed by atoms with E-state index in [1.807, 2.05) is 0 Å². The molecule has 0 bridgehead atoms. The Labute approximate surface area is 92.1 Å². The van der Waals surface area contributed by atoms with Gasteiger partial charge in [-0.25, -0.2) is 0 Å². The smallest absolute Gasteiger partial charge is 0.870 e. The second-order valence-electron chi connectivity index (χ2n) is 0. The van der Waals surface area contributed by atoms with Gasteiger partial charge < -0.3 is 21.9 Å². The van der Waals surface area contributed by atoms with Crippen molar-refractivity contribution in [2.45, 2.75) is 0 Å². The van der Waals surface area contributed by atoms with Crippen molar-refractivity contribution in [3.05, 3.63) is 0 Å². The maximum atomic E-state index is 0. The molecular formula is H4BaMgO4. The summed E-state index contributed by atoms with van der Waals surface area (Å²) in [5, 5.41) is 0. The van der Waals surface area contributed by atoms with Gasteiger partial charge >= 0.3 is 71.9 Å². The Morgan fingerprint density at radius 1 is 0.500 bits per heavy atom. The second-order valence-corrected chi connectivity index (χ2v) is 0. The van der Waals surface area contributed by atoms with Crippen LogP contribution in [0.1, 0.15) is 0 Å². The molecule has 0 saturated heterocycles. The molecule has 0 spiro atoms. The van der Waals surface area contributed by atoms with Gasteiger partial charge in [0.25, 0.3) is 0 Å². The number of rotatable bonds is 0. The Morgan fingerprint density at radius 3 is 0.500 bits per heavy atom. The van der Waals surface area contributed by atoms with Gasteiger partial charge in [-0.2, -0.15) is 0 Å². The fourth-order valence-electron chi connectivity index (χ4n) is 0. The fourth-order valence-corrected chi connectivity index (χ4v) is 0. The molecule has 0 rings (SSSR count). The van der Waals surface area contributed by atoms with Crippen LogP contribution in [0.5, 0.6) is 0 Å². The maximum Gasteiger partial charge on any atom is 2.00 e. The topological polar surface area (TPSA) is 120 Å².